The lowest BCUT2D eigenvalue weighted by molar-refractivity contribution is 0.102. The van der Waals surface area contributed by atoms with Crippen molar-refractivity contribution in [3.05, 3.63) is 79.4 Å². The van der Waals surface area contributed by atoms with E-state index in [1.165, 1.54) is 28.6 Å². The first kappa shape index (κ1) is 22.4. The molecule has 0 saturated heterocycles. The second-order valence-corrected chi connectivity index (χ2v) is 8.48. The van der Waals surface area contributed by atoms with E-state index in [-0.39, 0.29) is 30.0 Å². The molecule has 7 heteroatoms. The van der Waals surface area contributed by atoms with Gasteiger partial charge in [-0.25, -0.2) is 8.42 Å². The smallest absolute Gasteiger partial charge is 0.259 e. The molecule has 2 aromatic carbocycles. The molecule has 29 heavy (non-hydrogen) atoms. The minimum atomic E-state index is -3.68. The largest absolute Gasteiger partial charge is 0.490 e. The van der Waals surface area contributed by atoms with Crippen LogP contribution >= 0.6 is 0 Å². The van der Waals surface area contributed by atoms with Crippen LogP contribution in [0.3, 0.4) is 0 Å². The first-order chi connectivity index (χ1) is 13.8. The van der Waals surface area contributed by atoms with Crippen LogP contribution in [0.2, 0.25) is 0 Å². The fraction of sp³-hybridized carbons (Fsp3) is 0.227. The van der Waals surface area contributed by atoms with Crippen LogP contribution in [0.4, 0.5) is 5.69 Å². The first-order valence-electron chi connectivity index (χ1n) is 9.18. The van der Waals surface area contributed by atoms with E-state index in [0.717, 1.165) is 0 Å². The Bertz CT molecular complexity index is 957. The van der Waals surface area contributed by atoms with Crippen molar-refractivity contribution in [1.82, 2.24) is 4.31 Å². The van der Waals surface area contributed by atoms with Crippen molar-refractivity contribution < 1.29 is 17.9 Å². The summed E-state index contributed by atoms with van der Waals surface area (Å²) in [6.45, 7) is 11.3. The Hall–Kier alpha value is -2.90. The molecule has 0 bridgehead atoms. The molecular formula is C22H26N2O4S. The fourth-order valence-corrected chi connectivity index (χ4v) is 4.01. The molecule has 0 aliphatic heterocycles. The number of nitrogens with one attached hydrogen (secondary N) is 1. The summed E-state index contributed by atoms with van der Waals surface area (Å²) < 4.78 is 32.4. The van der Waals surface area contributed by atoms with Gasteiger partial charge in [0.25, 0.3) is 5.91 Å². The van der Waals surface area contributed by atoms with Crippen LogP contribution in [0.15, 0.2) is 78.7 Å². The van der Waals surface area contributed by atoms with Crippen molar-refractivity contribution in [1.29, 1.82) is 0 Å². The Morgan fingerprint density at radius 3 is 2.21 bits per heavy atom. The normalized spacial score (nSPS) is 11.3. The Labute approximate surface area is 172 Å². The number of nitrogens with zero attached hydrogens (tertiary/aromatic N) is 1. The number of hydrogen-bond acceptors (Lipinski definition) is 4. The number of para-hydroxylation sites is 1. The SMILES string of the molecule is C=CCN(CC=C)S(=O)(=O)c1ccc(NC(=O)c2ccccc2OC(C)C)cc1. The zero-order chi connectivity index (χ0) is 21.4. The molecule has 6 nitrogen and oxygen atoms in total. The van der Waals surface area contributed by atoms with Crippen LogP contribution in [0, 0.1) is 0 Å². The average molecular weight is 415 g/mol. The van der Waals surface area contributed by atoms with E-state index >= 15 is 0 Å². The van der Waals surface area contributed by atoms with Crippen molar-refractivity contribution in [3.63, 3.8) is 0 Å². The summed E-state index contributed by atoms with van der Waals surface area (Å²) in [7, 11) is -3.68. The van der Waals surface area contributed by atoms with Gasteiger partial charge in [0, 0.05) is 18.8 Å². The van der Waals surface area contributed by atoms with Crippen molar-refractivity contribution in [2.45, 2.75) is 24.8 Å². The van der Waals surface area contributed by atoms with Gasteiger partial charge in [0.05, 0.1) is 16.6 Å². The van der Waals surface area contributed by atoms with Crippen LogP contribution in [-0.4, -0.2) is 37.8 Å². The van der Waals surface area contributed by atoms with E-state index in [4.69, 9.17) is 4.74 Å². The van der Waals surface area contributed by atoms with Gasteiger partial charge in [-0.1, -0.05) is 24.3 Å². The molecule has 0 spiro atoms. The number of benzene rings is 2. The lowest BCUT2D eigenvalue weighted by atomic mass is 10.1. The predicted octanol–water partition coefficient (Wildman–Crippen LogP) is 4.09. The number of sulfonamides is 1. The third-order valence-electron chi connectivity index (χ3n) is 3.91. The summed E-state index contributed by atoms with van der Waals surface area (Å²) in [5.41, 5.74) is 0.883. The highest BCUT2D eigenvalue weighted by Crippen LogP contribution is 2.22. The summed E-state index contributed by atoms with van der Waals surface area (Å²) in [5.74, 6) is 0.153. The number of carbonyl (C=O) groups is 1. The van der Waals surface area contributed by atoms with Gasteiger partial charge in [0.1, 0.15) is 5.75 Å². The van der Waals surface area contributed by atoms with Gasteiger partial charge in [0.2, 0.25) is 10.0 Å². The van der Waals surface area contributed by atoms with E-state index in [0.29, 0.717) is 17.0 Å². The average Bonchev–Trinajstić information content (AvgIpc) is 2.68. The first-order valence-corrected chi connectivity index (χ1v) is 10.6. The molecule has 0 fully saturated rings. The van der Waals surface area contributed by atoms with Crippen LogP contribution in [0.5, 0.6) is 5.75 Å². The van der Waals surface area contributed by atoms with Crippen LogP contribution in [0.1, 0.15) is 24.2 Å². The molecule has 0 saturated carbocycles. The van der Waals surface area contributed by atoms with Crippen LogP contribution in [0.25, 0.3) is 0 Å². The minimum absolute atomic E-state index is 0.0671. The molecule has 0 aliphatic rings. The fourth-order valence-electron chi connectivity index (χ4n) is 2.63. The monoisotopic (exact) mass is 414 g/mol. The van der Waals surface area contributed by atoms with Crippen LogP contribution in [-0.2, 0) is 10.0 Å². The molecule has 1 N–H and O–H groups in total. The number of hydrogen-bond donors (Lipinski definition) is 1. The summed E-state index contributed by atoms with van der Waals surface area (Å²) in [6, 6.07) is 13.0. The number of carbonyl (C=O) groups excluding carboxylic acids is 1. The molecule has 0 aromatic heterocycles. The summed E-state index contributed by atoms with van der Waals surface area (Å²) in [6.07, 6.45) is 2.97. The van der Waals surface area contributed by atoms with Crippen molar-refractivity contribution in [2.75, 3.05) is 18.4 Å². The second-order valence-electron chi connectivity index (χ2n) is 6.54. The molecule has 154 valence electrons. The maximum Gasteiger partial charge on any atom is 0.259 e. The van der Waals surface area contributed by atoms with E-state index in [1.54, 1.807) is 36.4 Å². The van der Waals surface area contributed by atoms with Gasteiger partial charge in [0.15, 0.2) is 0 Å². The Morgan fingerprint density at radius 1 is 1.07 bits per heavy atom. The maximum absolute atomic E-state index is 12.7. The Morgan fingerprint density at radius 2 is 1.66 bits per heavy atom. The van der Waals surface area contributed by atoms with Gasteiger partial charge < -0.3 is 10.1 Å². The van der Waals surface area contributed by atoms with Gasteiger partial charge >= 0.3 is 0 Å². The summed E-state index contributed by atoms with van der Waals surface area (Å²) in [4.78, 5) is 12.8. The molecule has 0 unspecified atom stereocenters. The zero-order valence-corrected chi connectivity index (χ0v) is 17.5. The molecule has 2 aromatic rings. The predicted molar refractivity (Wildman–Crippen MR) is 116 cm³/mol. The topological polar surface area (TPSA) is 75.7 Å². The molecule has 0 radical (unpaired) electrons. The van der Waals surface area contributed by atoms with E-state index in [1.807, 2.05) is 13.8 Å². The number of anilines is 1. The molecule has 0 atom stereocenters. The number of rotatable bonds is 10. The quantitative estimate of drug-likeness (QED) is 0.594. The number of ether oxygens (including phenoxy) is 1. The second kappa shape index (κ2) is 10.0. The van der Waals surface area contributed by atoms with Gasteiger partial charge in [-0.2, -0.15) is 4.31 Å². The van der Waals surface area contributed by atoms with E-state index in [9.17, 15) is 13.2 Å². The Kier molecular flexibility index (Phi) is 7.75. The third kappa shape index (κ3) is 5.79. The van der Waals surface area contributed by atoms with E-state index < -0.39 is 10.0 Å². The minimum Gasteiger partial charge on any atom is -0.490 e. The van der Waals surface area contributed by atoms with Crippen LogP contribution < -0.4 is 10.1 Å². The summed E-state index contributed by atoms with van der Waals surface area (Å²) in [5, 5.41) is 2.77. The van der Waals surface area contributed by atoms with Crippen molar-refractivity contribution in [2.24, 2.45) is 0 Å². The highest BCUT2D eigenvalue weighted by atomic mass is 32.2. The van der Waals surface area contributed by atoms with Crippen molar-refractivity contribution in [3.8, 4) is 5.75 Å². The molecule has 1 amide bonds. The van der Waals surface area contributed by atoms with Crippen molar-refractivity contribution >= 4 is 21.6 Å². The molecule has 0 heterocycles. The van der Waals surface area contributed by atoms with Gasteiger partial charge in [-0.15, -0.1) is 13.2 Å². The zero-order valence-electron chi connectivity index (χ0n) is 16.7. The molecule has 2 rings (SSSR count). The lowest BCUT2D eigenvalue weighted by Gasteiger charge is -2.19. The highest BCUT2D eigenvalue weighted by Gasteiger charge is 2.22. The molecular weight excluding hydrogens is 388 g/mol. The maximum atomic E-state index is 12.7. The summed E-state index contributed by atoms with van der Waals surface area (Å²) >= 11 is 0. The number of amides is 1. The Balaban J connectivity index is 2.20. The van der Waals surface area contributed by atoms with Gasteiger partial charge in [-0.05, 0) is 50.2 Å². The highest BCUT2D eigenvalue weighted by molar-refractivity contribution is 7.89. The molecule has 0 aliphatic carbocycles. The van der Waals surface area contributed by atoms with E-state index in [2.05, 4.69) is 18.5 Å². The standard InChI is InChI=1S/C22H26N2O4S/c1-5-15-24(16-6-2)29(26,27)19-13-11-18(12-14-19)23-22(25)20-9-7-8-10-21(20)28-17(3)4/h5-14,17H,1-2,15-16H2,3-4H3,(H,23,25). The lowest BCUT2D eigenvalue weighted by Crippen LogP contribution is -2.31. The third-order valence-corrected chi connectivity index (χ3v) is 5.76. The van der Waals surface area contributed by atoms with Gasteiger partial charge in [-0.3, -0.25) is 4.79 Å².